The highest BCUT2D eigenvalue weighted by molar-refractivity contribution is 5.78. The number of carbonyl (C=O) groups is 1. The van der Waals surface area contributed by atoms with Crippen molar-refractivity contribution in [3.05, 3.63) is 0 Å². The normalized spacial score (nSPS) is 11.8. The molecule has 0 rings (SSSR count). The van der Waals surface area contributed by atoms with E-state index in [0.717, 1.165) is 19.5 Å². The lowest BCUT2D eigenvalue weighted by atomic mass is 10.1. The monoisotopic (exact) mass is 230 g/mol. The highest BCUT2D eigenvalue weighted by Gasteiger charge is 2.14. The van der Waals surface area contributed by atoms with Crippen LogP contribution in [-0.2, 0) is 4.79 Å². The number of hydrogen-bond acceptors (Lipinski definition) is 2. The highest BCUT2D eigenvalue weighted by atomic mass is 16.2. The molecular weight excluding hydrogens is 200 g/mol. The number of amides is 1. The molecule has 0 aromatic carbocycles. The lowest BCUT2D eigenvalue weighted by Gasteiger charge is -2.21. The molecular formula is C13H30N2O. The molecule has 98 valence electrons. The van der Waals surface area contributed by atoms with Crippen molar-refractivity contribution in [3.8, 4) is 0 Å². The second-order valence-corrected chi connectivity index (χ2v) is 4.18. The standard InChI is InChI=1S/C11H24N2O.C2H6/c1-6-10(4)11(14)13(5)8-7-12-9(2)3;1-2/h9-10,12H,6-8H2,1-5H3;1-2H3. The van der Waals surface area contributed by atoms with Crippen molar-refractivity contribution in [2.45, 2.75) is 54.0 Å². The summed E-state index contributed by atoms with van der Waals surface area (Å²) in [4.78, 5) is 13.5. The van der Waals surface area contributed by atoms with Crippen LogP contribution in [0.1, 0.15) is 48.0 Å². The molecule has 1 N–H and O–H groups in total. The predicted molar refractivity (Wildman–Crippen MR) is 71.6 cm³/mol. The van der Waals surface area contributed by atoms with Gasteiger partial charge in [0.25, 0.3) is 0 Å². The summed E-state index contributed by atoms with van der Waals surface area (Å²) in [5.41, 5.74) is 0. The zero-order valence-corrected chi connectivity index (χ0v) is 12.1. The first-order valence-corrected chi connectivity index (χ1v) is 6.47. The van der Waals surface area contributed by atoms with Crippen molar-refractivity contribution in [3.63, 3.8) is 0 Å². The molecule has 0 saturated carbocycles. The second-order valence-electron chi connectivity index (χ2n) is 4.18. The summed E-state index contributed by atoms with van der Waals surface area (Å²) >= 11 is 0. The van der Waals surface area contributed by atoms with E-state index < -0.39 is 0 Å². The van der Waals surface area contributed by atoms with Crippen LogP contribution in [0.15, 0.2) is 0 Å². The van der Waals surface area contributed by atoms with E-state index in [0.29, 0.717) is 6.04 Å². The van der Waals surface area contributed by atoms with Crippen molar-refractivity contribution in [2.24, 2.45) is 5.92 Å². The molecule has 16 heavy (non-hydrogen) atoms. The number of likely N-dealkylation sites (N-methyl/N-ethyl adjacent to an activating group) is 1. The van der Waals surface area contributed by atoms with Gasteiger partial charge in [-0.1, -0.05) is 41.5 Å². The summed E-state index contributed by atoms with van der Waals surface area (Å²) in [7, 11) is 1.87. The van der Waals surface area contributed by atoms with Gasteiger partial charge in [0.1, 0.15) is 0 Å². The van der Waals surface area contributed by atoms with Gasteiger partial charge in [-0.25, -0.2) is 0 Å². The van der Waals surface area contributed by atoms with Crippen LogP contribution >= 0.6 is 0 Å². The molecule has 0 saturated heterocycles. The van der Waals surface area contributed by atoms with E-state index >= 15 is 0 Å². The Morgan fingerprint density at radius 3 is 2.12 bits per heavy atom. The molecule has 0 aliphatic heterocycles. The third kappa shape index (κ3) is 8.72. The average Bonchev–Trinajstić information content (AvgIpc) is 2.29. The zero-order valence-electron chi connectivity index (χ0n) is 12.1. The molecule has 1 unspecified atom stereocenters. The average molecular weight is 230 g/mol. The minimum Gasteiger partial charge on any atom is -0.344 e. The molecule has 0 aliphatic rings. The molecule has 0 bridgehead atoms. The van der Waals surface area contributed by atoms with Gasteiger partial charge < -0.3 is 10.2 Å². The van der Waals surface area contributed by atoms with Crippen LogP contribution in [-0.4, -0.2) is 37.0 Å². The molecule has 1 atom stereocenters. The van der Waals surface area contributed by atoms with E-state index in [1.165, 1.54) is 0 Å². The summed E-state index contributed by atoms with van der Waals surface area (Å²) < 4.78 is 0. The largest absolute Gasteiger partial charge is 0.344 e. The molecule has 3 nitrogen and oxygen atoms in total. The Balaban J connectivity index is 0. The van der Waals surface area contributed by atoms with Gasteiger partial charge in [0.15, 0.2) is 0 Å². The van der Waals surface area contributed by atoms with Gasteiger partial charge in [-0.05, 0) is 6.42 Å². The quantitative estimate of drug-likeness (QED) is 0.760. The van der Waals surface area contributed by atoms with E-state index in [-0.39, 0.29) is 11.8 Å². The summed E-state index contributed by atoms with van der Waals surface area (Å²) in [5, 5.41) is 3.29. The lowest BCUT2D eigenvalue weighted by Crippen LogP contribution is -2.38. The van der Waals surface area contributed by atoms with Crippen molar-refractivity contribution >= 4 is 5.91 Å². The minimum atomic E-state index is 0.152. The number of nitrogens with zero attached hydrogens (tertiary/aromatic N) is 1. The maximum Gasteiger partial charge on any atom is 0.225 e. The number of carbonyl (C=O) groups excluding carboxylic acids is 1. The van der Waals surface area contributed by atoms with Crippen molar-refractivity contribution in [1.29, 1.82) is 0 Å². The molecule has 3 heteroatoms. The third-order valence-electron chi connectivity index (χ3n) is 2.41. The maximum atomic E-state index is 11.6. The van der Waals surface area contributed by atoms with Gasteiger partial charge >= 0.3 is 0 Å². The maximum absolute atomic E-state index is 11.6. The zero-order chi connectivity index (χ0) is 13.1. The van der Waals surface area contributed by atoms with Gasteiger partial charge in [0, 0.05) is 32.1 Å². The van der Waals surface area contributed by atoms with Crippen LogP contribution in [0.4, 0.5) is 0 Å². The molecule has 0 aromatic rings. The fourth-order valence-electron chi connectivity index (χ4n) is 1.18. The van der Waals surface area contributed by atoms with Crippen LogP contribution in [0.5, 0.6) is 0 Å². The van der Waals surface area contributed by atoms with Crippen molar-refractivity contribution in [2.75, 3.05) is 20.1 Å². The number of hydrogen-bond donors (Lipinski definition) is 1. The Hall–Kier alpha value is -0.570. The minimum absolute atomic E-state index is 0.152. The second kappa shape index (κ2) is 10.9. The van der Waals surface area contributed by atoms with Crippen LogP contribution in [0.25, 0.3) is 0 Å². The molecule has 1 amide bonds. The molecule has 0 aromatic heterocycles. The van der Waals surface area contributed by atoms with E-state index in [1.54, 1.807) is 0 Å². The first kappa shape index (κ1) is 17.8. The Morgan fingerprint density at radius 1 is 1.25 bits per heavy atom. The Bertz CT molecular complexity index is 169. The van der Waals surface area contributed by atoms with Crippen LogP contribution < -0.4 is 5.32 Å². The van der Waals surface area contributed by atoms with Crippen LogP contribution in [0.3, 0.4) is 0 Å². The predicted octanol–water partition coefficient (Wildman–Crippen LogP) is 2.52. The fourth-order valence-corrected chi connectivity index (χ4v) is 1.18. The smallest absolute Gasteiger partial charge is 0.225 e. The fraction of sp³-hybridized carbons (Fsp3) is 0.923. The first-order valence-electron chi connectivity index (χ1n) is 6.47. The van der Waals surface area contributed by atoms with Gasteiger partial charge in [-0.3, -0.25) is 4.79 Å². The van der Waals surface area contributed by atoms with E-state index in [4.69, 9.17) is 0 Å². The highest BCUT2D eigenvalue weighted by Crippen LogP contribution is 2.04. The number of rotatable bonds is 6. The molecule has 0 radical (unpaired) electrons. The summed E-state index contributed by atoms with van der Waals surface area (Å²) in [5.74, 6) is 0.400. The topological polar surface area (TPSA) is 32.3 Å². The third-order valence-corrected chi connectivity index (χ3v) is 2.41. The summed E-state index contributed by atoms with van der Waals surface area (Å²) in [6.07, 6.45) is 0.917. The van der Waals surface area contributed by atoms with E-state index in [1.807, 2.05) is 39.6 Å². The van der Waals surface area contributed by atoms with Crippen molar-refractivity contribution in [1.82, 2.24) is 10.2 Å². The SMILES string of the molecule is CC.CCC(C)C(=O)N(C)CCNC(C)C. The molecule has 0 spiro atoms. The van der Waals surface area contributed by atoms with Gasteiger partial charge in [0.2, 0.25) is 5.91 Å². The Labute approximate surface area is 102 Å². The lowest BCUT2D eigenvalue weighted by molar-refractivity contribution is -0.133. The number of nitrogens with one attached hydrogen (secondary N) is 1. The first-order chi connectivity index (χ1) is 7.49. The van der Waals surface area contributed by atoms with E-state index in [2.05, 4.69) is 19.2 Å². The van der Waals surface area contributed by atoms with Gasteiger partial charge in [-0.2, -0.15) is 0 Å². The van der Waals surface area contributed by atoms with Crippen LogP contribution in [0, 0.1) is 5.92 Å². The van der Waals surface area contributed by atoms with Gasteiger partial charge in [-0.15, -0.1) is 0 Å². The summed E-state index contributed by atoms with van der Waals surface area (Å²) in [6.45, 7) is 13.9. The summed E-state index contributed by atoms with van der Waals surface area (Å²) in [6, 6.07) is 0.488. The van der Waals surface area contributed by atoms with Gasteiger partial charge in [0.05, 0.1) is 0 Å². The molecule has 0 fully saturated rings. The van der Waals surface area contributed by atoms with Crippen LogP contribution in [0.2, 0.25) is 0 Å². The van der Waals surface area contributed by atoms with Crippen molar-refractivity contribution < 1.29 is 4.79 Å². The molecule has 0 aliphatic carbocycles. The van der Waals surface area contributed by atoms with E-state index in [9.17, 15) is 4.79 Å². The Morgan fingerprint density at radius 2 is 1.75 bits per heavy atom. The Kier molecular flexibility index (Phi) is 12.2. The molecule has 0 heterocycles.